The molecule has 0 unspecified atom stereocenters. The van der Waals surface area contributed by atoms with E-state index in [-0.39, 0.29) is 6.04 Å². The second-order valence-corrected chi connectivity index (χ2v) is 7.47. The minimum atomic E-state index is 0.158. The summed E-state index contributed by atoms with van der Waals surface area (Å²) < 4.78 is 5.26. The highest BCUT2D eigenvalue weighted by atomic mass is 35.5. The first-order chi connectivity index (χ1) is 12.6. The first-order valence-corrected chi connectivity index (χ1v) is 9.58. The summed E-state index contributed by atoms with van der Waals surface area (Å²) in [5.74, 6) is 0.857. The van der Waals surface area contributed by atoms with E-state index < -0.39 is 0 Å². The highest BCUT2D eigenvalue weighted by Crippen LogP contribution is 2.38. The van der Waals surface area contributed by atoms with Gasteiger partial charge < -0.3 is 4.74 Å². The smallest absolute Gasteiger partial charge is 0.207 e. The normalized spacial score (nSPS) is 16.7. The zero-order chi connectivity index (χ0) is 18.1. The van der Waals surface area contributed by atoms with Gasteiger partial charge in [0.1, 0.15) is 5.75 Å². The molecule has 1 aliphatic heterocycles. The van der Waals surface area contributed by atoms with E-state index in [2.05, 4.69) is 24.4 Å². The van der Waals surface area contributed by atoms with Gasteiger partial charge >= 0.3 is 0 Å². The summed E-state index contributed by atoms with van der Waals surface area (Å²) in [4.78, 5) is 4.81. The van der Waals surface area contributed by atoms with Crippen molar-refractivity contribution < 1.29 is 4.74 Å². The number of ether oxygens (including phenoxy) is 1. The van der Waals surface area contributed by atoms with Crippen LogP contribution in [0.3, 0.4) is 0 Å². The fraction of sp³-hybridized carbons (Fsp3) is 0.200. The fourth-order valence-corrected chi connectivity index (χ4v) is 4.00. The minimum Gasteiger partial charge on any atom is -0.497 e. The van der Waals surface area contributed by atoms with Crippen LogP contribution in [0.5, 0.6) is 5.75 Å². The molecule has 3 aromatic rings. The summed E-state index contributed by atoms with van der Waals surface area (Å²) in [6.07, 6.45) is 0.891. The van der Waals surface area contributed by atoms with Gasteiger partial charge in [-0.1, -0.05) is 35.9 Å². The lowest BCUT2D eigenvalue weighted by atomic mass is 10.0. The Morgan fingerprint density at radius 2 is 1.85 bits per heavy atom. The maximum Gasteiger partial charge on any atom is 0.207 e. The Bertz CT molecular complexity index is 934. The first-order valence-electron chi connectivity index (χ1n) is 8.33. The van der Waals surface area contributed by atoms with Crippen LogP contribution in [-0.4, -0.2) is 17.8 Å². The van der Waals surface area contributed by atoms with Gasteiger partial charge in [0.2, 0.25) is 5.13 Å². The largest absolute Gasteiger partial charge is 0.497 e. The third-order valence-corrected chi connectivity index (χ3v) is 5.47. The fourth-order valence-electron chi connectivity index (χ4n) is 3.04. The van der Waals surface area contributed by atoms with Crippen molar-refractivity contribution in [1.29, 1.82) is 0 Å². The number of nitrogens with zero attached hydrogens (tertiary/aromatic N) is 3. The molecule has 2 heterocycles. The van der Waals surface area contributed by atoms with E-state index in [1.54, 1.807) is 18.4 Å². The Hall–Kier alpha value is -2.37. The molecule has 2 aromatic carbocycles. The zero-order valence-corrected chi connectivity index (χ0v) is 16.1. The number of thiazole rings is 1. The maximum absolute atomic E-state index is 5.98. The molecule has 0 aliphatic carbocycles. The molecular formula is C20H18ClN3OS. The number of aromatic nitrogens is 1. The number of hydrogen-bond acceptors (Lipinski definition) is 5. The van der Waals surface area contributed by atoms with Gasteiger partial charge in [-0.05, 0) is 36.8 Å². The van der Waals surface area contributed by atoms with Crippen molar-refractivity contribution in [3.8, 4) is 17.0 Å². The lowest BCUT2D eigenvalue weighted by molar-refractivity contribution is 0.414. The number of rotatable bonds is 4. The van der Waals surface area contributed by atoms with Gasteiger partial charge in [-0.3, -0.25) is 0 Å². The van der Waals surface area contributed by atoms with Crippen molar-refractivity contribution in [2.24, 2.45) is 5.10 Å². The van der Waals surface area contributed by atoms with Gasteiger partial charge in [0.25, 0.3) is 0 Å². The van der Waals surface area contributed by atoms with E-state index in [1.807, 2.05) is 41.4 Å². The van der Waals surface area contributed by atoms with Gasteiger partial charge in [-0.25, -0.2) is 9.99 Å². The van der Waals surface area contributed by atoms with Crippen LogP contribution < -0.4 is 9.75 Å². The van der Waals surface area contributed by atoms with Gasteiger partial charge in [0, 0.05) is 28.1 Å². The molecule has 0 saturated carbocycles. The molecule has 0 radical (unpaired) electrons. The molecule has 0 spiro atoms. The number of hydrazone groups is 1. The van der Waals surface area contributed by atoms with Crippen LogP contribution in [0.25, 0.3) is 11.3 Å². The predicted octanol–water partition coefficient (Wildman–Crippen LogP) is 5.80. The maximum atomic E-state index is 5.98. The second kappa shape index (κ2) is 7.09. The Morgan fingerprint density at radius 1 is 1.12 bits per heavy atom. The monoisotopic (exact) mass is 383 g/mol. The molecule has 132 valence electrons. The Labute approximate surface area is 161 Å². The summed E-state index contributed by atoms with van der Waals surface area (Å²) in [5.41, 5.74) is 4.30. The Kier molecular flexibility index (Phi) is 4.66. The number of methoxy groups -OCH3 is 1. The molecule has 0 saturated heterocycles. The van der Waals surface area contributed by atoms with Gasteiger partial charge in [0.15, 0.2) is 0 Å². The molecule has 4 nitrogen and oxygen atoms in total. The van der Waals surface area contributed by atoms with E-state index >= 15 is 0 Å². The number of halogens is 1. The summed E-state index contributed by atoms with van der Waals surface area (Å²) in [5, 5.41) is 10.4. The van der Waals surface area contributed by atoms with Crippen molar-refractivity contribution in [3.05, 3.63) is 64.5 Å². The van der Waals surface area contributed by atoms with E-state index in [4.69, 9.17) is 26.4 Å². The summed E-state index contributed by atoms with van der Waals surface area (Å²) in [7, 11) is 1.68. The highest BCUT2D eigenvalue weighted by molar-refractivity contribution is 7.14. The third kappa shape index (κ3) is 3.32. The molecule has 0 fully saturated rings. The quantitative estimate of drug-likeness (QED) is 0.571. The van der Waals surface area contributed by atoms with E-state index in [0.29, 0.717) is 0 Å². The van der Waals surface area contributed by atoms with Crippen LogP contribution in [0.1, 0.15) is 24.9 Å². The van der Waals surface area contributed by atoms with Crippen molar-refractivity contribution in [2.75, 3.05) is 12.1 Å². The van der Waals surface area contributed by atoms with Crippen molar-refractivity contribution in [1.82, 2.24) is 4.98 Å². The molecule has 6 heteroatoms. The third-order valence-electron chi connectivity index (χ3n) is 4.39. The molecule has 1 aliphatic rings. The number of hydrogen-bond donors (Lipinski definition) is 0. The SMILES string of the molecule is COc1ccc([C@@H]2CC(C)=NN2c2nc(-c3ccc(Cl)cc3)cs2)cc1. The van der Waals surface area contributed by atoms with Crippen LogP contribution in [-0.2, 0) is 0 Å². The van der Waals surface area contributed by atoms with Crippen LogP contribution in [0.2, 0.25) is 5.02 Å². The van der Waals surface area contributed by atoms with E-state index in [1.165, 1.54) is 5.56 Å². The molecule has 26 heavy (non-hydrogen) atoms. The molecule has 4 rings (SSSR count). The average molecular weight is 384 g/mol. The van der Waals surface area contributed by atoms with Crippen LogP contribution in [0, 0.1) is 0 Å². The molecule has 1 aromatic heterocycles. The molecular weight excluding hydrogens is 366 g/mol. The summed E-state index contributed by atoms with van der Waals surface area (Å²) in [6.45, 7) is 2.06. The minimum absolute atomic E-state index is 0.158. The van der Waals surface area contributed by atoms with Gasteiger partial charge in [-0.15, -0.1) is 11.3 Å². The number of benzene rings is 2. The summed E-state index contributed by atoms with van der Waals surface area (Å²) >= 11 is 7.58. The molecule has 0 amide bonds. The van der Waals surface area contributed by atoms with E-state index in [0.717, 1.165) is 39.3 Å². The topological polar surface area (TPSA) is 37.7 Å². The van der Waals surface area contributed by atoms with Gasteiger partial charge in [0.05, 0.1) is 18.8 Å². The zero-order valence-electron chi connectivity index (χ0n) is 14.5. The molecule has 0 bridgehead atoms. The lowest BCUT2D eigenvalue weighted by Crippen LogP contribution is -2.18. The summed E-state index contributed by atoms with van der Waals surface area (Å²) in [6, 6.07) is 16.1. The standard InChI is InChI=1S/C20H18ClN3OS/c1-13-11-19(15-5-9-17(25-2)10-6-15)24(23-13)20-22-18(12-26-20)14-3-7-16(21)8-4-14/h3-10,12,19H,11H2,1-2H3/t19-/m0/s1. The van der Waals surface area contributed by atoms with Crippen molar-refractivity contribution >= 4 is 33.8 Å². The molecule has 0 N–H and O–H groups in total. The predicted molar refractivity (Wildman–Crippen MR) is 109 cm³/mol. The van der Waals surface area contributed by atoms with Crippen LogP contribution in [0.4, 0.5) is 5.13 Å². The average Bonchev–Trinajstić information content (AvgIpc) is 3.29. The molecule has 1 atom stereocenters. The Morgan fingerprint density at radius 3 is 2.54 bits per heavy atom. The lowest BCUT2D eigenvalue weighted by Gasteiger charge is -2.21. The van der Waals surface area contributed by atoms with Gasteiger partial charge in [-0.2, -0.15) is 5.10 Å². The Balaban J connectivity index is 1.63. The number of anilines is 1. The van der Waals surface area contributed by atoms with Crippen molar-refractivity contribution in [2.45, 2.75) is 19.4 Å². The van der Waals surface area contributed by atoms with Crippen molar-refractivity contribution in [3.63, 3.8) is 0 Å². The highest BCUT2D eigenvalue weighted by Gasteiger charge is 2.29. The second-order valence-electron chi connectivity index (χ2n) is 6.20. The van der Waals surface area contributed by atoms with Crippen LogP contribution >= 0.6 is 22.9 Å². The van der Waals surface area contributed by atoms with E-state index in [9.17, 15) is 0 Å². The van der Waals surface area contributed by atoms with Crippen LogP contribution in [0.15, 0.2) is 59.0 Å². The first kappa shape index (κ1) is 17.1.